The van der Waals surface area contributed by atoms with Gasteiger partial charge in [-0.2, -0.15) is 0 Å². The lowest BCUT2D eigenvalue weighted by Crippen LogP contribution is -2.37. The molecule has 0 aliphatic heterocycles. The van der Waals surface area contributed by atoms with Gasteiger partial charge < -0.3 is 25.2 Å². The molecule has 0 atom stereocenters. The van der Waals surface area contributed by atoms with E-state index in [1.165, 1.54) is 0 Å². The maximum Gasteiger partial charge on any atom is 0.191 e. The molecule has 10 heteroatoms. The molecular weight excluding hydrogens is 499 g/mol. The van der Waals surface area contributed by atoms with Crippen LogP contribution in [0.25, 0.3) is 5.65 Å². The number of aliphatic hydroxyl groups is 1. The second-order valence-corrected chi connectivity index (χ2v) is 6.15. The Morgan fingerprint density at radius 1 is 1.17 bits per heavy atom. The zero-order chi connectivity index (χ0) is 20.5. The highest BCUT2D eigenvalue weighted by atomic mass is 127. The normalized spacial score (nSPS) is 11.1. The van der Waals surface area contributed by atoms with Crippen LogP contribution >= 0.6 is 24.0 Å². The topological polar surface area (TPSA) is 105 Å². The summed E-state index contributed by atoms with van der Waals surface area (Å²) in [5.41, 5.74) is 1.78. The van der Waals surface area contributed by atoms with Crippen molar-refractivity contribution in [3.8, 4) is 11.5 Å². The first kappa shape index (κ1) is 23.7. The van der Waals surface area contributed by atoms with Crippen molar-refractivity contribution in [3.05, 3.63) is 54.0 Å². The van der Waals surface area contributed by atoms with E-state index in [4.69, 9.17) is 14.6 Å². The first-order valence-corrected chi connectivity index (χ1v) is 9.46. The summed E-state index contributed by atoms with van der Waals surface area (Å²) in [5.74, 6) is 2.69. The van der Waals surface area contributed by atoms with E-state index in [-0.39, 0.29) is 37.2 Å². The van der Waals surface area contributed by atoms with Gasteiger partial charge in [-0.3, -0.25) is 4.40 Å². The molecule has 0 fully saturated rings. The lowest BCUT2D eigenvalue weighted by atomic mass is 10.2. The molecule has 0 amide bonds. The molecule has 0 aliphatic rings. The van der Waals surface area contributed by atoms with E-state index in [1.807, 2.05) is 53.9 Å². The summed E-state index contributed by atoms with van der Waals surface area (Å²) in [7, 11) is 1.59. The fourth-order valence-corrected chi connectivity index (χ4v) is 2.77. The Morgan fingerprint density at radius 2 is 2.03 bits per heavy atom. The molecule has 0 radical (unpaired) electrons. The van der Waals surface area contributed by atoms with Gasteiger partial charge in [0, 0.05) is 12.7 Å². The minimum absolute atomic E-state index is 0. The minimum atomic E-state index is -0.0474. The fourth-order valence-electron chi connectivity index (χ4n) is 2.77. The molecule has 0 aliphatic carbocycles. The molecule has 2 aromatic heterocycles. The first-order chi connectivity index (χ1) is 14.2. The maximum absolute atomic E-state index is 8.91. The number of pyridine rings is 1. The van der Waals surface area contributed by atoms with Gasteiger partial charge in [-0.15, -0.1) is 34.2 Å². The number of methoxy groups -OCH3 is 1. The van der Waals surface area contributed by atoms with Crippen molar-refractivity contribution in [1.82, 2.24) is 25.2 Å². The van der Waals surface area contributed by atoms with E-state index < -0.39 is 0 Å². The number of halogens is 1. The van der Waals surface area contributed by atoms with Crippen LogP contribution in [0.3, 0.4) is 0 Å². The number of aliphatic imine (C=N–C) groups is 1. The average Bonchev–Trinajstić information content (AvgIpc) is 3.17. The van der Waals surface area contributed by atoms with Crippen molar-refractivity contribution < 1.29 is 14.6 Å². The third-order valence-corrected chi connectivity index (χ3v) is 4.14. The van der Waals surface area contributed by atoms with E-state index in [2.05, 4.69) is 25.8 Å². The van der Waals surface area contributed by atoms with Gasteiger partial charge in [0.1, 0.15) is 6.61 Å². The summed E-state index contributed by atoms with van der Waals surface area (Å²) in [6.07, 6.45) is 1.93. The number of ether oxygens (including phenoxy) is 2. The molecule has 0 bridgehead atoms. The molecule has 0 unspecified atom stereocenters. The molecule has 3 rings (SSSR count). The number of nitrogens with one attached hydrogen (secondary N) is 2. The van der Waals surface area contributed by atoms with Crippen LogP contribution in [0.4, 0.5) is 0 Å². The van der Waals surface area contributed by atoms with Crippen LogP contribution in [0.15, 0.2) is 47.6 Å². The second kappa shape index (κ2) is 12.2. The van der Waals surface area contributed by atoms with Gasteiger partial charge >= 0.3 is 0 Å². The monoisotopic (exact) mass is 526 g/mol. The molecular formula is C20H27IN6O3. The van der Waals surface area contributed by atoms with Crippen molar-refractivity contribution in [3.63, 3.8) is 0 Å². The maximum atomic E-state index is 8.91. The van der Waals surface area contributed by atoms with E-state index in [9.17, 15) is 0 Å². The van der Waals surface area contributed by atoms with Gasteiger partial charge in [-0.05, 0) is 36.8 Å². The third kappa shape index (κ3) is 6.20. The van der Waals surface area contributed by atoms with Crippen molar-refractivity contribution in [2.75, 3.05) is 26.9 Å². The summed E-state index contributed by atoms with van der Waals surface area (Å²) in [4.78, 5) is 4.63. The van der Waals surface area contributed by atoms with Crippen LogP contribution in [0, 0.1) is 0 Å². The van der Waals surface area contributed by atoms with E-state index in [1.54, 1.807) is 7.11 Å². The van der Waals surface area contributed by atoms with Gasteiger partial charge in [0.25, 0.3) is 0 Å². The predicted octanol–water partition coefficient (Wildman–Crippen LogP) is 1.98. The van der Waals surface area contributed by atoms with Crippen LogP contribution < -0.4 is 20.1 Å². The highest BCUT2D eigenvalue weighted by Crippen LogP contribution is 2.28. The van der Waals surface area contributed by atoms with Gasteiger partial charge in [0.2, 0.25) is 0 Å². The standard InChI is InChI=1S/C20H26N6O3.HI/c1-3-21-20(23-14-19-25-24-18-6-4-5-9-26(18)19)22-13-15-7-8-16(29-11-10-27)17(12-15)28-2;/h4-9,12,27H,3,10-11,13-14H2,1-2H3,(H2,21,22,23);1H. The largest absolute Gasteiger partial charge is 0.493 e. The minimum Gasteiger partial charge on any atom is -0.493 e. The molecule has 30 heavy (non-hydrogen) atoms. The molecule has 3 aromatic rings. The molecule has 162 valence electrons. The summed E-state index contributed by atoms with van der Waals surface area (Å²) in [6, 6.07) is 11.4. The third-order valence-electron chi connectivity index (χ3n) is 4.14. The Labute approximate surface area is 192 Å². The molecule has 0 saturated carbocycles. The van der Waals surface area contributed by atoms with Crippen molar-refractivity contribution in [2.24, 2.45) is 4.99 Å². The number of nitrogens with zero attached hydrogens (tertiary/aromatic N) is 4. The van der Waals surface area contributed by atoms with Crippen LogP contribution in [0.2, 0.25) is 0 Å². The molecule has 0 saturated heterocycles. The molecule has 0 spiro atoms. The number of hydrogen-bond donors (Lipinski definition) is 3. The lowest BCUT2D eigenvalue weighted by Gasteiger charge is -2.12. The molecule has 9 nitrogen and oxygen atoms in total. The summed E-state index contributed by atoms with van der Waals surface area (Å²) < 4.78 is 12.8. The smallest absolute Gasteiger partial charge is 0.191 e. The quantitative estimate of drug-likeness (QED) is 0.223. The number of rotatable bonds is 9. The number of fused-ring (bicyclic) bond motifs is 1. The van der Waals surface area contributed by atoms with Crippen molar-refractivity contribution in [2.45, 2.75) is 20.0 Å². The molecule has 1 aromatic carbocycles. The number of aliphatic hydroxyl groups excluding tert-OH is 1. The lowest BCUT2D eigenvalue weighted by molar-refractivity contribution is 0.196. The highest BCUT2D eigenvalue weighted by Gasteiger charge is 2.08. The van der Waals surface area contributed by atoms with Crippen molar-refractivity contribution in [1.29, 1.82) is 0 Å². The van der Waals surface area contributed by atoms with E-state index in [0.717, 1.165) is 23.6 Å². The summed E-state index contributed by atoms with van der Waals surface area (Å²) in [6.45, 7) is 3.89. The number of benzene rings is 1. The zero-order valence-corrected chi connectivity index (χ0v) is 19.4. The van der Waals surface area contributed by atoms with E-state index in [0.29, 0.717) is 30.5 Å². The first-order valence-electron chi connectivity index (χ1n) is 9.46. The van der Waals surface area contributed by atoms with Gasteiger partial charge in [0.15, 0.2) is 28.9 Å². The SMILES string of the molecule is CCNC(=NCc1ccc(OCCO)c(OC)c1)NCc1nnc2ccccn12.I. The van der Waals surface area contributed by atoms with Crippen LogP contribution in [0.1, 0.15) is 18.3 Å². The van der Waals surface area contributed by atoms with Crippen molar-refractivity contribution >= 4 is 35.6 Å². The van der Waals surface area contributed by atoms with E-state index >= 15 is 0 Å². The van der Waals surface area contributed by atoms with Crippen LogP contribution in [-0.2, 0) is 13.1 Å². The number of aromatic nitrogens is 3. The van der Waals surface area contributed by atoms with Gasteiger partial charge in [-0.1, -0.05) is 12.1 Å². The Kier molecular flexibility index (Phi) is 9.61. The number of hydrogen-bond acceptors (Lipinski definition) is 6. The molecule has 2 heterocycles. The summed E-state index contributed by atoms with van der Waals surface area (Å²) >= 11 is 0. The van der Waals surface area contributed by atoms with Crippen LogP contribution in [0.5, 0.6) is 11.5 Å². The number of guanidine groups is 1. The molecule has 3 N–H and O–H groups in total. The predicted molar refractivity (Wildman–Crippen MR) is 126 cm³/mol. The Morgan fingerprint density at radius 3 is 2.80 bits per heavy atom. The zero-order valence-electron chi connectivity index (χ0n) is 17.0. The fraction of sp³-hybridized carbons (Fsp3) is 0.350. The van der Waals surface area contributed by atoms with Gasteiger partial charge in [0.05, 0.1) is 26.8 Å². The highest BCUT2D eigenvalue weighted by molar-refractivity contribution is 14.0. The Hall–Kier alpha value is -2.60. The Balaban J connectivity index is 0.00000320. The van der Waals surface area contributed by atoms with Gasteiger partial charge in [-0.25, -0.2) is 4.99 Å². The average molecular weight is 526 g/mol. The Bertz CT molecular complexity index is 963. The second-order valence-electron chi connectivity index (χ2n) is 6.15. The summed E-state index contributed by atoms with van der Waals surface area (Å²) in [5, 5.41) is 23.8. The van der Waals surface area contributed by atoms with Crippen LogP contribution in [-0.4, -0.2) is 52.5 Å².